The number of nitrogens with two attached hydrogens (primary N) is 1. The Labute approximate surface area is 98.2 Å². The maximum absolute atomic E-state index is 12.4. The largest absolute Gasteiger partial charge is 0.417 e. The third-order valence-electron chi connectivity index (χ3n) is 2.34. The first-order chi connectivity index (χ1) is 7.95. The van der Waals surface area contributed by atoms with E-state index >= 15 is 0 Å². The minimum Gasteiger partial charge on any atom is -0.382 e. The fourth-order valence-corrected chi connectivity index (χ4v) is 1.37. The van der Waals surface area contributed by atoms with Gasteiger partial charge in [-0.3, -0.25) is 0 Å². The molecule has 6 heteroatoms. The number of alkyl halides is 3. The van der Waals surface area contributed by atoms with Gasteiger partial charge in [-0.15, -0.1) is 0 Å². The van der Waals surface area contributed by atoms with Gasteiger partial charge in [0.2, 0.25) is 0 Å². The first-order valence-electron chi connectivity index (χ1n) is 5.51. The average molecular weight is 247 g/mol. The van der Waals surface area contributed by atoms with Crippen molar-refractivity contribution in [2.45, 2.75) is 32.4 Å². The van der Waals surface area contributed by atoms with E-state index in [1.54, 1.807) is 0 Å². The van der Waals surface area contributed by atoms with Crippen LogP contribution >= 0.6 is 0 Å². The van der Waals surface area contributed by atoms with E-state index in [9.17, 15) is 13.2 Å². The molecule has 0 fully saturated rings. The number of nitrogen functional groups attached to an aromatic ring is 1. The molecule has 0 spiro atoms. The highest BCUT2D eigenvalue weighted by molar-refractivity contribution is 5.62. The number of hydrogen-bond donors (Lipinski definition) is 2. The molecular formula is C11H16F3N3. The number of nitrogens with one attached hydrogen (secondary N) is 1. The average Bonchev–Trinajstić information content (AvgIpc) is 2.25. The van der Waals surface area contributed by atoms with E-state index in [2.05, 4.69) is 17.2 Å². The molecular weight excluding hydrogens is 231 g/mol. The number of hydrogen-bond acceptors (Lipinski definition) is 3. The molecule has 0 radical (unpaired) electrons. The Bertz CT molecular complexity index is 363. The molecule has 0 amide bonds. The molecule has 0 aliphatic rings. The number of aromatic nitrogens is 1. The third-order valence-corrected chi connectivity index (χ3v) is 2.34. The van der Waals surface area contributed by atoms with Crippen molar-refractivity contribution in [1.82, 2.24) is 4.98 Å². The SMILES string of the molecule is CCCCCNc1cc(C(F)(F)F)cnc1N. The van der Waals surface area contributed by atoms with E-state index in [0.717, 1.165) is 31.5 Å². The number of halogens is 3. The van der Waals surface area contributed by atoms with Gasteiger partial charge >= 0.3 is 6.18 Å². The number of nitrogens with zero attached hydrogens (tertiary/aromatic N) is 1. The monoisotopic (exact) mass is 247 g/mol. The van der Waals surface area contributed by atoms with Gasteiger partial charge in [0, 0.05) is 12.7 Å². The van der Waals surface area contributed by atoms with Gasteiger partial charge in [0.15, 0.2) is 0 Å². The van der Waals surface area contributed by atoms with E-state index < -0.39 is 11.7 Å². The summed E-state index contributed by atoms with van der Waals surface area (Å²) in [7, 11) is 0. The summed E-state index contributed by atoms with van der Waals surface area (Å²) in [6.45, 7) is 2.65. The summed E-state index contributed by atoms with van der Waals surface area (Å²) in [6, 6.07) is 0.994. The second-order valence-corrected chi connectivity index (χ2v) is 3.79. The first kappa shape index (κ1) is 13.6. The van der Waals surface area contributed by atoms with Crippen LogP contribution in [0.2, 0.25) is 0 Å². The third kappa shape index (κ3) is 4.13. The highest BCUT2D eigenvalue weighted by Gasteiger charge is 2.31. The minimum atomic E-state index is -4.39. The van der Waals surface area contributed by atoms with Gasteiger partial charge in [-0.25, -0.2) is 4.98 Å². The topological polar surface area (TPSA) is 50.9 Å². The lowest BCUT2D eigenvalue weighted by molar-refractivity contribution is -0.137. The maximum Gasteiger partial charge on any atom is 0.417 e. The molecule has 1 rings (SSSR count). The molecule has 0 aliphatic carbocycles. The second kappa shape index (κ2) is 5.75. The molecule has 3 N–H and O–H groups in total. The Hall–Kier alpha value is -1.46. The van der Waals surface area contributed by atoms with E-state index in [1.807, 2.05) is 0 Å². The zero-order valence-electron chi connectivity index (χ0n) is 9.64. The van der Waals surface area contributed by atoms with E-state index in [4.69, 9.17) is 5.73 Å². The Morgan fingerprint density at radius 3 is 2.65 bits per heavy atom. The van der Waals surface area contributed by atoms with Gasteiger partial charge in [-0.1, -0.05) is 19.8 Å². The summed E-state index contributed by atoms with van der Waals surface area (Å²) >= 11 is 0. The van der Waals surface area contributed by atoms with Crippen LogP contribution in [0.1, 0.15) is 31.7 Å². The van der Waals surface area contributed by atoms with Crippen LogP contribution in [-0.4, -0.2) is 11.5 Å². The molecule has 0 bridgehead atoms. The molecule has 3 nitrogen and oxygen atoms in total. The first-order valence-corrected chi connectivity index (χ1v) is 5.51. The van der Waals surface area contributed by atoms with Gasteiger partial charge in [0.1, 0.15) is 5.82 Å². The molecule has 1 heterocycles. The van der Waals surface area contributed by atoms with Crippen LogP contribution in [0.15, 0.2) is 12.3 Å². The Morgan fingerprint density at radius 1 is 1.35 bits per heavy atom. The van der Waals surface area contributed by atoms with Crippen molar-refractivity contribution in [3.63, 3.8) is 0 Å². The van der Waals surface area contributed by atoms with Gasteiger partial charge < -0.3 is 11.1 Å². The van der Waals surface area contributed by atoms with Crippen LogP contribution in [0.3, 0.4) is 0 Å². The van der Waals surface area contributed by atoms with Crippen molar-refractivity contribution in [2.24, 2.45) is 0 Å². The molecule has 1 aromatic heterocycles. The van der Waals surface area contributed by atoms with Crippen molar-refractivity contribution in [3.05, 3.63) is 17.8 Å². The summed E-state index contributed by atoms with van der Waals surface area (Å²) in [5.41, 5.74) is 4.97. The quantitative estimate of drug-likeness (QED) is 0.785. The van der Waals surface area contributed by atoms with Crippen LogP contribution in [0.25, 0.3) is 0 Å². The van der Waals surface area contributed by atoms with E-state index in [-0.39, 0.29) is 11.5 Å². The van der Waals surface area contributed by atoms with Crippen molar-refractivity contribution >= 4 is 11.5 Å². The summed E-state index contributed by atoms with van der Waals surface area (Å²) < 4.78 is 37.3. The van der Waals surface area contributed by atoms with Crippen LogP contribution in [-0.2, 0) is 6.18 Å². The highest BCUT2D eigenvalue weighted by Crippen LogP contribution is 2.31. The fraction of sp³-hybridized carbons (Fsp3) is 0.545. The van der Waals surface area contributed by atoms with Crippen molar-refractivity contribution in [2.75, 3.05) is 17.6 Å². The molecule has 1 aromatic rings. The zero-order chi connectivity index (χ0) is 12.9. The number of unbranched alkanes of at least 4 members (excludes halogenated alkanes) is 2. The minimum absolute atomic E-state index is 0.0921. The second-order valence-electron chi connectivity index (χ2n) is 3.79. The summed E-state index contributed by atoms with van der Waals surface area (Å²) in [5, 5.41) is 2.87. The van der Waals surface area contributed by atoms with E-state index in [0.29, 0.717) is 6.54 Å². The molecule has 0 aromatic carbocycles. The molecule has 0 saturated carbocycles. The van der Waals surface area contributed by atoms with E-state index in [1.165, 1.54) is 0 Å². The van der Waals surface area contributed by atoms with Crippen molar-refractivity contribution < 1.29 is 13.2 Å². The summed E-state index contributed by atoms with van der Waals surface area (Å²) in [6.07, 6.45) is -0.670. The predicted molar refractivity (Wildman–Crippen MR) is 61.7 cm³/mol. The molecule has 0 unspecified atom stereocenters. The van der Waals surface area contributed by atoms with Gasteiger partial charge in [0.05, 0.1) is 11.3 Å². The van der Waals surface area contributed by atoms with Crippen molar-refractivity contribution in [3.8, 4) is 0 Å². The number of pyridine rings is 1. The molecule has 0 aliphatic heterocycles. The van der Waals surface area contributed by atoms with Gasteiger partial charge in [-0.05, 0) is 12.5 Å². The normalized spacial score (nSPS) is 11.5. The molecule has 17 heavy (non-hydrogen) atoms. The zero-order valence-corrected chi connectivity index (χ0v) is 9.64. The van der Waals surface area contributed by atoms with Gasteiger partial charge in [0.25, 0.3) is 0 Å². The molecule has 96 valence electrons. The standard InChI is InChI=1S/C11H16F3N3/c1-2-3-4-5-16-9-6-8(11(12,13)14)7-17-10(9)15/h6-7,16H,2-5H2,1H3,(H2,15,17). The predicted octanol–water partition coefficient (Wildman–Crippen LogP) is 3.28. The lowest BCUT2D eigenvalue weighted by Crippen LogP contribution is -2.10. The molecule has 0 saturated heterocycles. The number of anilines is 2. The summed E-state index contributed by atoms with van der Waals surface area (Å²) in [5.74, 6) is 0.0921. The van der Waals surface area contributed by atoms with Crippen LogP contribution in [0.4, 0.5) is 24.7 Å². The van der Waals surface area contributed by atoms with Crippen LogP contribution in [0.5, 0.6) is 0 Å². The lowest BCUT2D eigenvalue weighted by atomic mass is 10.2. The van der Waals surface area contributed by atoms with Gasteiger partial charge in [-0.2, -0.15) is 13.2 Å². The Morgan fingerprint density at radius 2 is 2.06 bits per heavy atom. The molecule has 0 atom stereocenters. The highest BCUT2D eigenvalue weighted by atomic mass is 19.4. The maximum atomic E-state index is 12.4. The lowest BCUT2D eigenvalue weighted by Gasteiger charge is -2.12. The van der Waals surface area contributed by atoms with Crippen LogP contribution in [0, 0.1) is 0 Å². The summed E-state index contributed by atoms with van der Waals surface area (Å²) in [4.78, 5) is 3.54. The fourth-order valence-electron chi connectivity index (χ4n) is 1.37. The Balaban J connectivity index is 2.70. The van der Waals surface area contributed by atoms with Crippen molar-refractivity contribution in [1.29, 1.82) is 0 Å². The van der Waals surface area contributed by atoms with Crippen LogP contribution < -0.4 is 11.1 Å². The number of rotatable bonds is 5. The Kier molecular flexibility index (Phi) is 4.60. The smallest absolute Gasteiger partial charge is 0.382 e.